The van der Waals surface area contributed by atoms with Gasteiger partial charge in [-0.1, -0.05) is 18.2 Å². The van der Waals surface area contributed by atoms with Crippen molar-refractivity contribution in [3.8, 4) is 5.75 Å². The van der Waals surface area contributed by atoms with E-state index in [0.717, 1.165) is 5.56 Å². The lowest BCUT2D eigenvalue weighted by Crippen LogP contribution is -2.27. The van der Waals surface area contributed by atoms with E-state index in [9.17, 15) is 5.11 Å². The molecule has 0 aliphatic heterocycles. The Hall–Kier alpha value is -1.06. The molecule has 3 nitrogen and oxygen atoms in total. The van der Waals surface area contributed by atoms with Gasteiger partial charge in [0, 0.05) is 12.1 Å². The second-order valence-corrected chi connectivity index (χ2v) is 4.51. The number of benzene rings is 1. The summed E-state index contributed by atoms with van der Waals surface area (Å²) in [7, 11) is 0. The maximum Gasteiger partial charge on any atom is 0.121 e. The molecule has 0 radical (unpaired) electrons. The predicted molar refractivity (Wildman–Crippen MR) is 60.7 cm³/mol. The second-order valence-electron chi connectivity index (χ2n) is 4.51. The Morgan fingerprint density at radius 3 is 2.40 bits per heavy atom. The molecule has 1 aromatic rings. The fourth-order valence-electron chi connectivity index (χ4n) is 1.43. The first-order valence-corrected chi connectivity index (χ1v) is 5.10. The highest BCUT2D eigenvalue weighted by Gasteiger charge is 2.21. The van der Waals surface area contributed by atoms with Crippen LogP contribution in [0.25, 0.3) is 0 Å². The van der Waals surface area contributed by atoms with Crippen LogP contribution in [0.5, 0.6) is 5.75 Å². The number of nitrogens with two attached hydrogens (primary N) is 1. The van der Waals surface area contributed by atoms with E-state index in [1.54, 1.807) is 12.1 Å². The molecule has 0 fully saturated rings. The summed E-state index contributed by atoms with van der Waals surface area (Å²) in [5.74, 6) is 0.234. The van der Waals surface area contributed by atoms with Gasteiger partial charge in [-0.25, -0.2) is 0 Å². The van der Waals surface area contributed by atoms with Crippen LogP contribution in [-0.2, 0) is 4.74 Å². The van der Waals surface area contributed by atoms with Gasteiger partial charge in [-0.3, -0.25) is 0 Å². The van der Waals surface area contributed by atoms with Crippen molar-refractivity contribution in [2.75, 3.05) is 6.54 Å². The molecule has 0 aliphatic rings. The maximum atomic E-state index is 9.67. The van der Waals surface area contributed by atoms with Crippen LogP contribution in [0.15, 0.2) is 24.3 Å². The van der Waals surface area contributed by atoms with Crippen molar-refractivity contribution < 1.29 is 9.84 Å². The SMILES string of the molecule is CC(C)(C)OC(CN)c1ccccc1O. The minimum atomic E-state index is -0.272. The Kier molecular flexibility index (Phi) is 3.72. The van der Waals surface area contributed by atoms with Crippen LogP contribution in [0.3, 0.4) is 0 Å². The first kappa shape index (κ1) is 12.0. The lowest BCUT2D eigenvalue weighted by atomic mass is 10.1. The number of rotatable bonds is 3. The van der Waals surface area contributed by atoms with Crippen molar-refractivity contribution in [2.24, 2.45) is 5.73 Å². The molecule has 0 saturated carbocycles. The third kappa shape index (κ3) is 3.53. The normalized spacial score (nSPS) is 13.9. The van der Waals surface area contributed by atoms with Gasteiger partial charge >= 0.3 is 0 Å². The first-order valence-electron chi connectivity index (χ1n) is 5.10. The molecule has 1 atom stereocenters. The maximum absolute atomic E-state index is 9.67. The van der Waals surface area contributed by atoms with Gasteiger partial charge in [0.25, 0.3) is 0 Å². The van der Waals surface area contributed by atoms with E-state index in [0.29, 0.717) is 6.54 Å². The van der Waals surface area contributed by atoms with Gasteiger partial charge in [0.2, 0.25) is 0 Å². The molecule has 0 spiro atoms. The monoisotopic (exact) mass is 209 g/mol. The van der Waals surface area contributed by atoms with Gasteiger partial charge in [0.05, 0.1) is 11.7 Å². The molecule has 0 heterocycles. The molecule has 0 bridgehead atoms. The van der Waals surface area contributed by atoms with Gasteiger partial charge in [-0.05, 0) is 26.8 Å². The van der Waals surface area contributed by atoms with E-state index >= 15 is 0 Å². The number of aromatic hydroxyl groups is 1. The molecule has 15 heavy (non-hydrogen) atoms. The molecule has 3 heteroatoms. The summed E-state index contributed by atoms with van der Waals surface area (Å²) in [6.45, 7) is 6.26. The Balaban J connectivity index is 2.88. The third-order valence-electron chi connectivity index (χ3n) is 1.99. The Morgan fingerprint density at radius 2 is 1.93 bits per heavy atom. The smallest absolute Gasteiger partial charge is 0.121 e. The number of hydrogen-bond donors (Lipinski definition) is 2. The van der Waals surface area contributed by atoms with Crippen LogP contribution < -0.4 is 5.73 Å². The van der Waals surface area contributed by atoms with Gasteiger partial charge in [-0.2, -0.15) is 0 Å². The molecule has 0 aliphatic carbocycles. The topological polar surface area (TPSA) is 55.5 Å². The highest BCUT2D eigenvalue weighted by molar-refractivity contribution is 5.34. The molecule has 0 aromatic heterocycles. The van der Waals surface area contributed by atoms with E-state index < -0.39 is 0 Å². The molecule has 0 saturated heterocycles. The summed E-state index contributed by atoms with van der Waals surface area (Å²) < 4.78 is 5.77. The number of hydrogen-bond acceptors (Lipinski definition) is 3. The van der Waals surface area contributed by atoms with Crippen LogP contribution in [0.1, 0.15) is 32.4 Å². The number of para-hydroxylation sites is 1. The van der Waals surface area contributed by atoms with Crippen LogP contribution in [-0.4, -0.2) is 17.3 Å². The van der Waals surface area contributed by atoms with E-state index in [2.05, 4.69) is 0 Å². The summed E-state index contributed by atoms with van der Waals surface area (Å²) in [6, 6.07) is 7.12. The summed E-state index contributed by atoms with van der Waals surface area (Å²) in [5.41, 5.74) is 6.12. The molecule has 0 amide bonds. The minimum absolute atomic E-state index is 0.234. The van der Waals surface area contributed by atoms with E-state index in [1.807, 2.05) is 32.9 Å². The van der Waals surface area contributed by atoms with Crippen molar-refractivity contribution in [1.82, 2.24) is 0 Å². The summed E-state index contributed by atoms with van der Waals surface area (Å²) >= 11 is 0. The highest BCUT2D eigenvalue weighted by Crippen LogP contribution is 2.29. The lowest BCUT2D eigenvalue weighted by molar-refractivity contribution is -0.0579. The minimum Gasteiger partial charge on any atom is -0.508 e. The third-order valence-corrected chi connectivity index (χ3v) is 1.99. The van der Waals surface area contributed by atoms with Crippen LogP contribution in [0, 0.1) is 0 Å². The Labute approximate surface area is 90.9 Å². The second kappa shape index (κ2) is 4.64. The molecular weight excluding hydrogens is 190 g/mol. The lowest BCUT2D eigenvalue weighted by Gasteiger charge is -2.27. The fraction of sp³-hybridized carbons (Fsp3) is 0.500. The molecule has 1 aromatic carbocycles. The zero-order chi connectivity index (χ0) is 11.5. The van der Waals surface area contributed by atoms with Crippen LogP contribution in [0.2, 0.25) is 0 Å². The van der Waals surface area contributed by atoms with Gasteiger partial charge in [0.1, 0.15) is 5.75 Å². The molecule has 1 rings (SSSR count). The summed E-state index contributed by atoms with van der Waals surface area (Å²) in [5, 5.41) is 9.67. The van der Waals surface area contributed by atoms with E-state index in [1.165, 1.54) is 0 Å². The Morgan fingerprint density at radius 1 is 1.33 bits per heavy atom. The molecular formula is C12H19NO2. The van der Waals surface area contributed by atoms with Gasteiger partial charge < -0.3 is 15.6 Å². The standard InChI is InChI=1S/C12H19NO2/c1-12(2,3)15-11(8-13)9-6-4-5-7-10(9)14/h4-7,11,14H,8,13H2,1-3H3. The first-order chi connectivity index (χ1) is 6.94. The van der Waals surface area contributed by atoms with E-state index in [4.69, 9.17) is 10.5 Å². The molecule has 84 valence electrons. The van der Waals surface area contributed by atoms with Crippen molar-refractivity contribution >= 4 is 0 Å². The summed E-state index contributed by atoms with van der Waals surface area (Å²) in [6.07, 6.45) is -0.258. The quantitative estimate of drug-likeness (QED) is 0.802. The van der Waals surface area contributed by atoms with Gasteiger partial charge in [0.15, 0.2) is 0 Å². The summed E-state index contributed by atoms with van der Waals surface area (Å²) in [4.78, 5) is 0. The Bertz CT molecular complexity index is 318. The van der Waals surface area contributed by atoms with Crippen LogP contribution in [0.4, 0.5) is 0 Å². The number of ether oxygens (including phenoxy) is 1. The molecule has 1 unspecified atom stereocenters. The highest BCUT2D eigenvalue weighted by atomic mass is 16.5. The predicted octanol–water partition coefficient (Wildman–Crippen LogP) is 2.21. The molecule has 3 N–H and O–H groups in total. The fourth-order valence-corrected chi connectivity index (χ4v) is 1.43. The van der Waals surface area contributed by atoms with Crippen molar-refractivity contribution in [1.29, 1.82) is 0 Å². The average Bonchev–Trinajstić information content (AvgIpc) is 2.14. The number of phenols is 1. The van der Waals surface area contributed by atoms with E-state index in [-0.39, 0.29) is 17.5 Å². The zero-order valence-corrected chi connectivity index (χ0v) is 9.53. The van der Waals surface area contributed by atoms with Gasteiger partial charge in [-0.15, -0.1) is 0 Å². The zero-order valence-electron chi connectivity index (χ0n) is 9.53. The number of phenolic OH excluding ortho intramolecular Hbond substituents is 1. The van der Waals surface area contributed by atoms with Crippen LogP contribution >= 0.6 is 0 Å². The van der Waals surface area contributed by atoms with Crippen molar-refractivity contribution in [2.45, 2.75) is 32.5 Å². The largest absolute Gasteiger partial charge is 0.508 e. The van der Waals surface area contributed by atoms with Crippen molar-refractivity contribution in [3.05, 3.63) is 29.8 Å². The average molecular weight is 209 g/mol. The van der Waals surface area contributed by atoms with Crippen molar-refractivity contribution in [3.63, 3.8) is 0 Å².